The molecule has 154 valence electrons. The van der Waals surface area contributed by atoms with E-state index in [0.29, 0.717) is 10.6 Å². The molecule has 3 N–H and O–H groups in total. The number of quaternary nitrogens is 1. The lowest BCUT2D eigenvalue weighted by Crippen LogP contribution is -3.14. The van der Waals surface area contributed by atoms with Crippen molar-refractivity contribution in [2.75, 3.05) is 39.4 Å². The normalized spacial score (nSPS) is 15.5. The number of ether oxygens (including phenoxy) is 1. The summed E-state index contributed by atoms with van der Waals surface area (Å²) in [5.41, 5.74) is 1.49. The molecule has 0 aromatic heterocycles. The first-order valence-corrected chi connectivity index (χ1v) is 10.3. The molecule has 1 aliphatic heterocycles. The third kappa shape index (κ3) is 6.56. The molecule has 1 atom stereocenters. The number of morpholine rings is 1. The van der Waals surface area contributed by atoms with Gasteiger partial charge in [0.2, 0.25) is 5.91 Å². The second-order valence-electron chi connectivity index (χ2n) is 7.08. The number of hydrogen-bond acceptors (Lipinski definition) is 3. The second kappa shape index (κ2) is 11.0. The van der Waals surface area contributed by atoms with Gasteiger partial charge in [-0.2, -0.15) is 0 Å². The van der Waals surface area contributed by atoms with Crippen molar-refractivity contribution in [2.45, 2.75) is 12.5 Å². The summed E-state index contributed by atoms with van der Waals surface area (Å²) in [4.78, 5) is 26.2. The zero-order chi connectivity index (χ0) is 20.5. The highest BCUT2D eigenvalue weighted by Crippen LogP contribution is 2.14. The van der Waals surface area contributed by atoms with Crippen LogP contribution in [0.1, 0.15) is 28.4 Å². The molecule has 29 heavy (non-hydrogen) atoms. The summed E-state index contributed by atoms with van der Waals surface area (Å²) in [7, 11) is 0. The van der Waals surface area contributed by atoms with Crippen molar-refractivity contribution < 1.29 is 19.2 Å². The van der Waals surface area contributed by atoms with E-state index in [1.54, 1.807) is 24.3 Å². The zero-order valence-corrected chi connectivity index (χ0v) is 17.1. The molecule has 2 amide bonds. The number of hydrogen-bond donors (Lipinski definition) is 3. The van der Waals surface area contributed by atoms with Crippen molar-refractivity contribution in [3.63, 3.8) is 0 Å². The van der Waals surface area contributed by atoms with Gasteiger partial charge in [0.15, 0.2) is 0 Å². The average molecular weight is 417 g/mol. The molecule has 0 radical (unpaired) electrons. The Morgan fingerprint density at radius 1 is 1.03 bits per heavy atom. The van der Waals surface area contributed by atoms with E-state index in [-0.39, 0.29) is 30.8 Å². The van der Waals surface area contributed by atoms with E-state index >= 15 is 0 Å². The molecule has 1 fully saturated rings. The monoisotopic (exact) mass is 416 g/mol. The molecule has 0 bridgehead atoms. The van der Waals surface area contributed by atoms with E-state index in [1.807, 2.05) is 30.3 Å². The summed E-state index contributed by atoms with van der Waals surface area (Å²) >= 11 is 6.04. The van der Waals surface area contributed by atoms with Crippen LogP contribution in [0.2, 0.25) is 5.02 Å². The molecular formula is C22H27ClN3O3+. The third-order valence-electron chi connectivity index (χ3n) is 4.99. The Bertz CT molecular complexity index is 810. The molecule has 2 aromatic rings. The van der Waals surface area contributed by atoms with Crippen LogP contribution in [0.15, 0.2) is 54.6 Å². The van der Waals surface area contributed by atoms with Crippen LogP contribution >= 0.6 is 11.6 Å². The van der Waals surface area contributed by atoms with Crippen molar-refractivity contribution in [3.8, 4) is 0 Å². The van der Waals surface area contributed by atoms with Crippen LogP contribution in [-0.2, 0) is 9.53 Å². The zero-order valence-electron chi connectivity index (χ0n) is 16.3. The first-order valence-electron chi connectivity index (χ1n) is 9.92. The van der Waals surface area contributed by atoms with Crippen LogP contribution in [0.5, 0.6) is 0 Å². The third-order valence-corrected chi connectivity index (χ3v) is 5.32. The van der Waals surface area contributed by atoms with Gasteiger partial charge in [0.1, 0.15) is 25.7 Å². The van der Waals surface area contributed by atoms with Crippen molar-refractivity contribution in [2.24, 2.45) is 0 Å². The van der Waals surface area contributed by atoms with E-state index in [4.69, 9.17) is 16.3 Å². The maximum absolute atomic E-state index is 12.5. The number of carbonyl (C=O) groups excluding carboxylic acids is 2. The number of amides is 2. The molecule has 1 saturated heterocycles. The molecule has 7 heteroatoms. The smallest absolute Gasteiger partial charge is 0.252 e. The van der Waals surface area contributed by atoms with Crippen LogP contribution in [0, 0.1) is 0 Å². The van der Waals surface area contributed by atoms with Gasteiger partial charge in [-0.15, -0.1) is 0 Å². The van der Waals surface area contributed by atoms with Gasteiger partial charge in [0.25, 0.3) is 5.91 Å². The van der Waals surface area contributed by atoms with Crippen molar-refractivity contribution >= 4 is 23.4 Å². The van der Waals surface area contributed by atoms with Crippen molar-refractivity contribution in [1.29, 1.82) is 0 Å². The maximum atomic E-state index is 12.5. The summed E-state index contributed by atoms with van der Waals surface area (Å²) in [6.07, 6.45) is 0.206. The molecule has 3 rings (SSSR count). The van der Waals surface area contributed by atoms with Gasteiger partial charge in [-0.1, -0.05) is 54.1 Å². The number of benzene rings is 2. The molecule has 1 heterocycles. The van der Waals surface area contributed by atoms with E-state index in [0.717, 1.165) is 38.4 Å². The minimum atomic E-state index is -0.277. The highest BCUT2D eigenvalue weighted by atomic mass is 35.5. The maximum Gasteiger partial charge on any atom is 0.252 e. The van der Waals surface area contributed by atoms with Gasteiger partial charge in [0, 0.05) is 13.0 Å². The van der Waals surface area contributed by atoms with Crippen LogP contribution in [-0.4, -0.2) is 51.2 Å². The summed E-state index contributed by atoms with van der Waals surface area (Å²) in [5.74, 6) is -0.369. The minimum Gasteiger partial charge on any atom is -0.370 e. The van der Waals surface area contributed by atoms with E-state index < -0.39 is 0 Å². The largest absolute Gasteiger partial charge is 0.370 e. The van der Waals surface area contributed by atoms with E-state index in [2.05, 4.69) is 10.6 Å². The first-order chi connectivity index (χ1) is 14.1. The topological polar surface area (TPSA) is 71.9 Å². The van der Waals surface area contributed by atoms with Gasteiger partial charge in [-0.3, -0.25) is 9.59 Å². The molecular weight excluding hydrogens is 390 g/mol. The Kier molecular flexibility index (Phi) is 8.04. The van der Waals surface area contributed by atoms with Gasteiger partial charge in [0.05, 0.1) is 23.8 Å². The highest BCUT2D eigenvalue weighted by molar-refractivity contribution is 6.33. The second-order valence-corrected chi connectivity index (χ2v) is 7.49. The molecule has 0 spiro atoms. The summed E-state index contributed by atoms with van der Waals surface area (Å²) in [5, 5.41) is 6.28. The molecule has 2 aromatic carbocycles. The van der Waals surface area contributed by atoms with E-state index in [1.165, 1.54) is 4.90 Å². The fourth-order valence-electron chi connectivity index (χ4n) is 3.39. The Hall–Kier alpha value is -2.41. The van der Waals surface area contributed by atoms with Crippen LogP contribution < -0.4 is 15.5 Å². The number of halogens is 1. The quantitative estimate of drug-likeness (QED) is 0.606. The number of rotatable bonds is 8. The molecule has 1 aliphatic rings. The average Bonchev–Trinajstić information content (AvgIpc) is 2.75. The Labute approximate surface area is 176 Å². The lowest BCUT2D eigenvalue weighted by molar-refractivity contribution is -0.909. The fraction of sp³-hybridized carbons (Fsp3) is 0.364. The highest BCUT2D eigenvalue weighted by Gasteiger charge is 2.22. The standard InChI is InChI=1S/C22H26ClN3O3/c23-19-9-5-4-8-18(19)22(28)24-11-10-21(27)25-20(17-6-2-1-3-7-17)16-26-12-14-29-15-13-26/h1-9,20H,10-16H2,(H,24,28)(H,25,27)/p+1/t20-/m0/s1. The predicted molar refractivity (Wildman–Crippen MR) is 112 cm³/mol. The Morgan fingerprint density at radius 3 is 2.45 bits per heavy atom. The van der Waals surface area contributed by atoms with Crippen LogP contribution in [0.4, 0.5) is 0 Å². The summed E-state index contributed by atoms with van der Waals surface area (Å²) in [6.45, 7) is 4.44. The molecule has 0 aliphatic carbocycles. The predicted octanol–water partition coefficient (Wildman–Crippen LogP) is 1.23. The Balaban J connectivity index is 1.52. The number of nitrogens with one attached hydrogen (secondary N) is 3. The summed E-state index contributed by atoms with van der Waals surface area (Å²) in [6, 6.07) is 16.8. The lowest BCUT2D eigenvalue weighted by atomic mass is 10.1. The van der Waals surface area contributed by atoms with Crippen molar-refractivity contribution in [3.05, 3.63) is 70.7 Å². The number of carbonyl (C=O) groups is 2. The molecule has 0 saturated carbocycles. The van der Waals surface area contributed by atoms with Crippen LogP contribution in [0.3, 0.4) is 0 Å². The summed E-state index contributed by atoms with van der Waals surface area (Å²) < 4.78 is 5.43. The van der Waals surface area contributed by atoms with Gasteiger partial charge >= 0.3 is 0 Å². The van der Waals surface area contributed by atoms with Crippen LogP contribution in [0.25, 0.3) is 0 Å². The fourth-order valence-corrected chi connectivity index (χ4v) is 3.61. The van der Waals surface area contributed by atoms with E-state index in [9.17, 15) is 9.59 Å². The van der Waals surface area contributed by atoms with Gasteiger partial charge in [-0.05, 0) is 17.7 Å². The first kappa shape index (κ1) is 21.3. The lowest BCUT2D eigenvalue weighted by Gasteiger charge is -2.28. The van der Waals surface area contributed by atoms with Gasteiger partial charge in [-0.25, -0.2) is 0 Å². The molecule has 0 unspecified atom stereocenters. The Morgan fingerprint density at radius 2 is 1.72 bits per heavy atom. The molecule has 6 nitrogen and oxygen atoms in total. The van der Waals surface area contributed by atoms with Crippen molar-refractivity contribution in [1.82, 2.24) is 10.6 Å². The minimum absolute atomic E-state index is 0.0731. The van der Waals surface area contributed by atoms with Gasteiger partial charge < -0.3 is 20.3 Å². The SMILES string of the molecule is O=C(CCNC(=O)c1ccccc1Cl)N[C@@H](C[NH+]1CCOCC1)c1ccccc1.